The van der Waals surface area contributed by atoms with Gasteiger partial charge in [-0.1, -0.05) is 6.92 Å². The van der Waals surface area contributed by atoms with Crippen molar-refractivity contribution < 1.29 is 23.7 Å². The first-order chi connectivity index (χ1) is 8.24. The summed E-state index contributed by atoms with van der Waals surface area (Å²) in [6, 6.07) is 0. The highest BCUT2D eigenvalue weighted by atomic mass is 16.6. The molecular formula is C12H24O5. The molecule has 0 aliphatic rings. The molecule has 0 fully saturated rings. The van der Waals surface area contributed by atoms with Crippen molar-refractivity contribution in [1.29, 1.82) is 0 Å². The van der Waals surface area contributed by atoms with E-state index in [1.807, 2.05) is 6.92 Å². The zero-order valence-electron chi connectivity index (χ0n) is 11.0. The first-order valence-electron chi connectivity index (χ1n) is 6.01. The number of hydrogen-bond donors (Lipinski definition) is 0. The second-order valence-electron chi connectivity index (χ2n) is 3.78. The van der Waals surface area contributed by atoms with E-state index in [0.29, 0.717) is 32.9 Å². The molecule has 0 amide bonds. The van der Waals surface area contributed by atoms with Gasteiger partial charge in [0.1, 0.15) is 6.61 Å². The zero-order chi connectivity index (χ0) is 12.9. The lowest BCUT2D eigenvalue weighted by Gasteiger charge is -2.20. The summed E-state index contributed by atoms with van der Waals surface area (Å²) in [6.07, 6.45) is 2.06. The molecule has 5 nitrogen and oxygen atoms in total. The molecule has 102 valence electrons. The smallest absolute Gasteiger partial charge is 0.293 e. The Morgan fingerprint density at radius 3 is 2.41 bits per heavy atom. The van der Waals surface area contributed by atoms with E-state index in [9.17, 15) is 4.79 Å². The molecule has 0 heterocycles. The SMILES string of the molecule is CCC(CC(C)OCCOC=O)OCCOC. The average molecular weight is 248 g/mol. The molecule has 0 aliphatic heterocycles. The Hall–Kier alpha value is -0.650. The maximum atomic E-state index is 9.91. The van der Waals surface area contributed by atoms with Gasteiger partial charge in [0.2, 0.25) is 0 Å². The van der Waals surface area contributed by atoms with Crippen molar-refractivity contribution in [2.75, 3.05) is 33.5 Å². The summed E-state index contributed by atoms with van der Waals surface area (Å²) < 4.78 is 20.6. The van der Waals surface area contributed by atoms with Gasteiger partial charge in [-0.15, -0.1) is 0 Å². The molecule has 0 rings (SSSR count). The normalized spacial score (nSPS) is 14.3. The molecule has 5 heteroatoms. The fourth-order valence-corrected chi connectivity index (χ4v) is 1.43. The lowest BCUT2D eigenvalue weighted by atomic mass is 10.1. The van der Waals surface area contributed by atoms with E-state index < -0.39 is 0 Å². The minimum atomic E-state index is 0.0951. The van der Waals surface area contributed by atoms with Crippen LogP contribution in [-0.4, -0.2) is 52.2 Å². The van der Waals surface area contributed by atoms with Gasteiger partial charge in [-0.2, -0.15) is 0 Å². The van der Waals surface area contributed by atoms with Crippen molar-refractivity contribution in [2.45, 2.75) is 38.9 Å². The molecule has 0 radical (unpaired) electrons. The quantitative estimate of drug-likeness (QED) is 0.386. The van der Waals surface area contributed by atoms with E-state index in [-0.39, 0.29) is 12.2 Å². The van der Waals surface area contributed by atoms with Crippen LogP contribution < -0.4 is 0 Å². The molecule has 0 aromatic rings. The van der Waals surface area contributed by atoms with Gasteiger partial charge in [0.05, 0.1) is 32.0 Å². The van der Waals surface area contributed by atoms with E-state index in [0.717, 1.165) is 12.8 Å². The van der Waals surface area contributed by atoms with Crippen molar-refractivity contribution in [3.05, 3.63) is 0 Å². The van der Waals surface area contributed by atoms with Crippen LogP contribution in [0.25, 0.3) is 0 Å². The zero-order valence-corrected chi connectivity index (χ0v) is 11.0. The summed E-state index contributed by atoms with van der Waals surface area (Å²) >= 11 is 0. The first-order valence-corrected chi connectivity index (χ1v) is 6.01. The van der Waals surface area contributed by atoms with Crippen molar-refractivity contribution in [1.82, 2.24) is 0 Å². The minimum absolute atomic E-state index is 0.0951. The molecule has 2 atom stereocenters. The molecule has 0 aromatic heterocycles. The van der Waals surface area contributed by atoms with Gasteiger partial charge in [-0.25, -0.2) is 0 Å². The third kappa shape index (κ3) is 10.2. The number of methoxy groups -OCH3 is 1. The Morgan fingerprint density at radius 2 is 1.82 bits per heavy atom. The van der Waals surface area contributed by atoms with Gasteiger partial charge in [0.15, 0.2) is 0 Å². The standard InChI is InChI=1S/C12H24O5/c1-4-12(17-7-5-14-3)9-11(2)16-8-6-15-10-13/h10-12H,4-9H2,1-3H3. The Balaban J connectivity index is 3.58. The summed E-state index contributed by atoms with van der Waals surface area (Å²) in [7, 11) is 1.66. The van der Waals surface area contributed by atoms with Crippen LogP contribution in [0.1, 0.15) is 26.7 Å². The summed E-state index contributed by atoms with van der Waals surface area (Å²) in [6.45, 7) is 6.44. The number of rotatable bonds is 12. The van der Waals surface area contributed by atoms with Crippen LogP contribution >= 0.6 is 0 Å². The molecule has 2 unspecified atom stereocenters. The van der Waals surface area contributed by atoms with Gasteiger partial charge in [-0.3, -0.25) is 4.79 Å². The van der Waals surface area contributed by atoms with Crippen LogP contribution in [0.3, 0.4) is 0 Å². The van der Waals surface area contributed by atoms with Crippen LogP contribution in [-0.2, 0) is 23.7 Å². The average Bonchev–Trinajstić information content (AvgIpc) is 2.33. The Kier molecular flexibility index (Phi) is 11.4. The maximum Gasteiger partial charge on any atom is 0.293 e. The number of carbonyl (C=O) groups excluding carboxylic acids is 1. The van der Waals surface area contributed by atoms with Crippen LogP contribution in [0.15, 0.2) is 0 Å². The first kappa shape index (κ1) is 16.4. The maximum absolute atomic E-state index is 9.91. The Bertz CT molecular complexity index is 174. The van der Waals surface area contributed by atoms with Crippen molar-refractivity contribution in [3.8, 4) is 0 Å². The number of carbonyl (C=O) groups is 1. The predicted octanol–water partition coefficient (Wildman–Crippen LogP) is 1.40. The van der Waals surface area contributed by atoms with Crippen LogP contribution in [0, 0.1) is 0 Å². The molecular weight excluding hydrogens is 224 g/mol. The molecule has 0 bridgehead atoms. The molecule has 0 N–H and O–H groups in total. The van der Waals surface area contributed by atoms with E-state index in [1.54, 1.807) is 7.11 Å². The van der Waals surface area contributed by atoms with Gasteiger partial charge in [0, 0.05) is 7.11 Å². The van der Waals surface area contributed by atoms with Crippen LogP contribution in [0.2, 0.25) is 0 Å². The third-order valence-electron chi connectivity index (χ3n) is 2.36. The van der Waals surface area contributed by atoms with E-state index >= 15 is 0 Å². The fourth-order valence-electron chi connectivity index (χ4n) is 1.43. The minimum Gasteiger partial charge on any atom is -0.465 e. The topological polar surface area (TPSA) is 54.0 Å². The molecule has 0 saturated carbocycles. The van der Waals surface area contributed by atoms with Gasteiger partial charge in [0.25, 0.3) is 6.47 Å². The van der Waals surface area contributed by atoms with Crippen molar-refractivity contribution >= 4 is 6.47 Å². The van der Waals surface area contributed by atoms with E-state index in [4.69, 9.17) is 14.2 Å². The Labute approximate surface area is 103 Å². The second kappa shape index (κ2) is 11.8. The Morgan fingerprint density at radius 1 is 1.12 bits per heavy atom. The summed E-state index contributed by atoms with van der Waals surface area (Å²) in [4.78, 5) is 9.91. The molecule has 0 saturated heterocycles. The molecule has 0 aromatic carbocycles. The fraction of sp³-hybridized carbons (Fsp3) is 0.917. The van der Waals surface area contributed by atoms with E-state index in [2.05, 4.69) is 11.7 Å². The monoisotopic (exact) mass is 248 g/mol. The molecule has 0 spiro atoms. The largest absolute Gasteiger partial charge is 0.465 e. The van der Waals surface area contributed by atoms with Gasteiger partial charge < -0.3 is 18.9 Å². The summed E-state index contributed by atoms with van der Waals surface area (Å²) in [5, 5.41) is 0. The van der Waals surface area contributed by atoms with Crippen LogP contribution in [0.4, 0.5) is 0 Å². The molecule has 17 heavy (non-hydrogen) atoms. The summed E-state index contributed by atoms with van der Waals surface area (Å²) in [5.74, 6) is 0. The number of ether oxygens (including phenoxy) is 4. The lowest BCUT2D eigenvalue weighted by Crippen LogP contribution is -2.23. The number of hydrogen-bond acceptors (Lipinski definition) is 5. The highest BCUT2D eigenvalue weighted by molar-refractivity contribution is 5.36. The van der Waals surface area contributed by atoms with Crippen molar-refractivity contribution in [2.24, 2.45) is 0 Å². The third-order valence-corrected chi connectivity index (χ3v) is 2.36. The van der Waals surface area contributed by atoms with Gasteiger partial charge >= 0.3 is 0 Å². The summed E-state index contributed by atoms with van der Waals surface area (Å²) in [5.41, 5.74) is 0. The van der Waals surface area contributed by atoms with Gasteiger partial charge in [-0.05, 0) is 19.8 Å². The van der Waals surface area contributed by atoms with E-state index in [1.165, 1.54) is 0 Å². The highest BCUT2D eigenvalue weighted by Crippen LogP contribution is 2.09. The molecule has 0 aliphatic carbocycles. The van der Waals surface area contributed by atoms with Crippen molar-refractivity contribution in [3.63, 3.8) is 0 Å². The second-order valence-corrected chi connectivity index (χ2v) is 3.78. The highest BCUT2D eigenvalue weighted by Gasteiger charge is 2.12. The lowest BCUT2D eigenvalue weighted by molar-refractivity contribution is -0.131. The predicted molar refractivity (Wildman–Crippen MR) is 64.0 cm³/mol. The van der Waals surface area contributed by atoms with Crippen LogP contribution in [0.5, 0.6) is 0 Å².